The Morgan fingerprint density at radius 2 is 1.89 bits per heavy atom. The van der Waals surface area contributed by atoms with Crippen LogP contribution in [-0.4, -0.2) is 24.2 Å². The Labute approximate surface area is 216 Å². The number of fused-ring (bicyclic) bond motifs is 3. The zero-order valence-corrected chi connectivity index (χ0v) is 21.2. The molecule has 0 saturated carbocycles. The van der Waals surface area contributed by atoms with Gasteiger partial charge in [0.2, 0.25) is 5.78 Å². The Morgan fingerprint density at radius 3 is 2.71 bits per heavy atom. The molecule has 6 rings (SSSR count). The molecule has 3 heterocycles. The maximum Gasteiger partial charge on any atom is 0.231 e. The Kier molecular flexibility index (Phi) is 5.81. The highest BCUT2D eigenvalue weighted by atomic mass is 79.9. The number of carbonyl (C=O) groups excluding carboxylic acids is 1. The number of nitrogens with zero attached hydrogens (tertiary/aromatic N) is 1. The Bertz CT molecular complexity index is 1390. The van der Waals surface area contributed by atoms with Crippen LogP contribution in [-0.2, 0) is 24.4 Å². The fourth-order valence-corrected chi connectivity index (χ4v) is 5.35. The second-order valence-electron chi connectivity index (χ2n) is 8.79. The molecule has 3 aliphatic rings. The largest absolute Gasteiger partial charge is 0.477 e. The van der Waals surface area contributed by atoms with Gasteiger partial charge < -0.3 is 18.9 Å². The van der Waals surface area contributed by atoms with Crippen LogP contribution in [0.1, 0.15) is 38.2 Å². The number of carbonyl (C=O) groups is 1. The first-order valence-electron chi connectivity index (χ1n) is 11.2. The molecule has 0 fully saturated rings. The summed E-state index contributed by atoms with van der Waals surface area (Å²) in [6, 6.07) is 13.6. The topological polar surface area (TPSA) is 57.2 Å². The molecule has 35 heavy (non-hydrogen) atoms. The molecule has 3 aromatic rings. The van der Waals surface area contributed by atoms with Crippen molar-refractivity contribution < 1.29 is 23.7 Å². The highest BCUT2D eigenvalue weighted by Crippen LogP contribution is 2.44. The van der Waals surface area contributed by atoms with Crippen molar-refractivity contribution in [3.63, 3.8) is 0 Å². The standard InChI is InChI=1S/C27H21BrClNO5/c1-15-25-18(11-30(13-33-25)10-16-2-4-21(29)5-3-16)8-22-24(31)23(35-26(15)22)9-17-6-20(28)7-19-12-32-14-34-27(17)19/h2-9H,10-14H2,1H3/b23-9-. The minimum Gasteiger partial charge on any atom is -0.477 e. The van der Waals surface area contributed by atoms with Gasteiger partial charge in [0.1, 0.15) is 24.0 Å². The van der Waals surface area contributed by atoms with E-state index in [2.05, 4.69) is 20.8 Å². The van der Waals surface area contributed by atoms with Crippen LogP contribution in [0.4, 0.5) is 0 Å². The lowest BCUT2D eigenvalue weighted by Crippen LogP contribution is -2.32. The van der Waals surface area contributed by atoms with Crippen LogP contribution in [0.15, 0.2) is 52.7 Å². The van der Waals surface area contributed by atoms with Gasteiger partial charge in [-0.2, -0.15) is 0 Å². The van der Waals surface area contributed by atoms with Crippen LogP contribution >= 0.6 is 27.5 Å². The molecule has 0 aliphatic carbocycles. The molecule has 178 valence electrons. The SMILES string of the molecule is Cc1c2c(cc3c1O/C(=C\c1cc(Br)cc4c1OCOC4)C3=O)CN(Cc1ccc(Cl)cc1)CO2. The van der Waals surface area contributed by atoms with Crippen molar-refractivity contribution in [2.75, 3.05) is 13.5 Å². The van der Waals surface area contributed by atoms with E-state index in [4.69, 9.17) is 30.5 Å². The molecule has 8 heteroatoms. The van der Waals surface area contributed by atoms with E-state index in [1.165, 1.54) is 0 Å². The zero-order chi connectivity index (χ0) is 24.1. The first-order valence-corrected chi connectivity index (χ1v) is 12.4. The third kappa shape index (κ3) is 4.23. The molecule has 0 spiro atoms. The van der Waals surface area contributed by atoms with E-state index in [1.54, 1.807) is 6.08 Å². The third-order valence-corrected chi connectivity index (χ3v) is 7.02. The molecule has 0 aromatic heterocycles. The molecule has 0 N–H and O–H groups in total. The quantitative estimate of drug-likeness (QED) is 0.357. The smallest absolute Gasteiger partial charge is 0.231 e. The molecule has 0 bridgehead atoms. The summed E-state index contributed by atoms with van der Waals surface area (Å²) < 4.78 is 24.2. The summed E-state index contributed by atoms with van der Waals surface area (Å²) in [5, 5.41) is 0.714. The Morgan fingerprint density at radius 1 is 1.06 bits per heavy atom. The van der Waals surface area contributed by atoms with Gasteiger partial charge in [0.25, 0.3) is 0 Å². The number of allylic oxidation sites excluding steroid dienone is 1. The summed E-state index contributed by atoms with van der Waals surface area (Å²) >= 11 is 9.54. The molecule has 3 aromatic carbocycles. The molecular formula is C27H21BrClNO5. The van der Waals surface area contributed by atoms with Crippen LogP contribution in [0.2, 0.25) is 5.02 Å². The van der Waals surface area contributed by atoms with Crippen LogP contribution in [0.5, 0.6) is 17.2 Å². The van der Waals surface area contributed by atoms with Gasteiger partial charge >= 0.3 is 0 Å². The van der Waals surface area contributed by atoms with Crippen molar-refractivity contribution in [3.8, 4) is 17.2 Å². The van der Waals surface area contributed by atoms with Crippen molar-refractivity contribution >= 4 is 39.4 Å². The molecule has 0 atom stereocenters. The number of ketones is 1. The first-order chi connectivity index (χ1) is 17.0. The lowest BCUT2D eigenvalue weighted by atomic mass is 9.99. The molecule has 6 nitrogen and oxygen atoms in total. The average molecular weight is 555 g/mol. The first kappa shape index (κ1) is 22.6. The number of benzene rings is 3. The Balaban J connectivity index is 1.30. The molecule has 0 amide bonds. The van der Waals surface area contributed by atoms with Gasteiger partial charge in [-0.05, 0) is 48.9 Å². The highest BCUT2D eigenvalue weighted by molar-refractivity contribution is 9.10. The van der Waals surface area contributed by atoms with Gasteiger partial charge in [-0.3, -0.25) is 9.69 Å². The van der Waals surface area contributed by atoms with Crippen molar-refractivity contribution in [1.82, 2.24) is 4.90 Å². The number of halogens is 2. The van der Waals surface area contributed by atoms with Crippen LogP contribution in [0, 0.1) is 6.92 Å². The van der Waals surface area contributed by atoms with Crippen molar-refractivity contribution in [1.29, 1.82) is 0 Å². The summed E-state index contributed by atoms with van der Waals surface area (Å²) in [5.41, 5.74) is 5.19. The van der Waals surface area contributed by atoms with Gasteiger partial charge in [0.15, 0.2) is 12.6 Å². The van der Waals surface area contributed by atoms with Crippen LogP contribution in [0.3, 0.4) is 0 Å². The van der Waals surface area contributed by atoms with Gasteiger partial charge in [-0.15, -0.1) is 0 Å². The highest BCUT2D eigenvalue weighted by Gasteiger charge is 2.34. The molecule has 3 aliphatic heterocycles. The fourth-order valence-electron chi connectivity index (χ4n) is 4.70. The predicted octanol–water partition coefficient (Wildman–Crippen LogP) is 6.25. The number of hydrogen-bond donors (Lipinski definition) is 0. The van der Waals surface area contributed by atoms with Crippen molar-refractivity contribution in [2.45, 2.75) is 26.6 Å². The van der Waals surface area contributed by atoms with E-state index in [-0.39, 0.29) is 18.3 Å². The summed E-state index contributed by atoms with van der Waals surface area (Å²) in [6.45, 7) is 4.41. The van der Waals surface area contributed by atoms with Crippen molar-refractivity contribution in [2.24, 2.45) is 0 Å². The lowest BCUT2D eigenvalue weighted by Gasteiger charge is -2.30. The summed E-state index contributed by atoms with van der Waals surface area (Å²) in [7, 11) is 0. The van der Waals surface area contributed by atoms with E-state index in [1.807, 2.05) is 49.4 Å². The minimum atomic E-state index is -0.151. The van der Waals surface area contributed by atoms with Crippen molar-refractivity contribution in [3.05, 3.63) is 91.1 Å². The predicted molar refractivity (Wildman–Crippen MR) is 135 cm³/mol. The number of ether oxygens (including phenoxy) is 4. The normalized spacial score (nSPS) is 17.8. The average Bonchev–Trinajstić information content (AvgIpc) is 3.16. The van der Waals surface area contributed by atoms with Gasteiger partial charge in [0.05, 0.1) is 12.2 Å². The molecular weight excluding hydrogens is 534 g/mol. The fraction of sp³-hybridized carbons (Fsp3) is 0.222. The minimum absolute atomic E-state index is 0.151. The van der Waals surface area contributed by atoms with E-state index in [0.717, 1.165) is 44.6 Å². The van der Waals surface area contributed by atoms with Crippen LogP contribution < -0.4 is 14.2 Å². The monoisotopic (exact) mass is 553 g/mol. The second-order valence-corrected chi connectivity index (χ2v) is 10.1. The number of Topliss-reactive ketones (excluding diaryl/α,β-unsaturated/α-hetero) is 1. The van der Waals surface area contributed by atoms with Crippen LogP contribution in [0.25, 0.3) is 6.08 Å². The molecule has 0 saturated heterocycles. The van der Waals surface area contributed by atoms with E-state index in [9.17, 15) is 4.79 Å². The van der Waals surface area contributed by atoms with Gasteiger partial charge in [-0.1, -0.05) is 39.7 Å². The summed E-state index contributed by atoms with van der Waals surface area (Å²) in [5.74, 6) is 2.15. The second kappa shape index (κ2) is 8.99. The summed E-state index contributed by atoms with van der Waals surface area (Å²) in [4.78, 5) is 15.5. The number of rotatable bonds is 3. The van der Waals surface area contributed by atoms with Gasteiger partial charge in [-0.25, -0.2) is 0 Å². The zero-order valence-electron chi connectivity index (χ0n) is 18.9. The summed E-state index contributed by atoms with van der Waals surface area (Å²) in [6.07, 6.45) is 1.74. The maximum absolute atomic E-state index is 13.4. The van der Waals surface area contributed by atoms with E-state index >= 15 is 0 Å². The number of hydrogen-bond acceptors (Lipinski definition) is 6. The van der Waals surface area contributed by atoms with E-state index < -0.39 is 0 Å². The van der Waals surface area contributed by atoms with Gasteiger partial charge in [0, 0.05) is 44.8 Å². The molecule has 0 unspecified atom stereocenters. The lowest BCUT2D eigenvalue weighted by molar-refractivity contribution is -0.0165. The maximum atomic E-state index is 13.4. The molecule has 0 radical (unpaired) electrons. The van der Waals surface area contributed by atoms with E-state index in [0.29, 0.717) is 42.0 Å². The third-order valence-electron chi connectivity index (χ3n) is 6.31. The Hall–Kier alpha value is -2.84.